The van der Waals surface area contributed by atoms with E-state index in [-0.39, 0.29) is 18.5 Å². The molecule has 33 heavy (non-hydrogen) atoms. The fourth-order valence-electron chi connectivity index (χ4n) is 3.50. The predicted octanol–water partition coefficient (Wildman–Crippen LogP) is 3.49. The molecular weight excluding hydrogens is 426 g/mol. The Balaban J connectivity index is 1.84. The normalized spacial score (nSPS) is 15.6. The highest BCUT2D eigenvalue weighted by Gasteiger charge is 2.34. The molecule has 0 aliphatic carbocycles. The van der Waals surface area contributed by atoms with Gasteiger partial charge in [0.05, 0.1) is 38.0 Å². The summed E-state index contributed by atoms with van der Waals surface area (Å²) in [6.07, 6.45) is 0. The zero-order valence-electron chi connectivity index (χ0n) is 19.2. The Morgan fingerprint density at radius 1 is 1.09 bits per heavy atom. The number of amides is 3. The van der Waals surface area contributed by atoms with Crippen LogP contribution >= 0.6 is 0 Å². The van der Waals surface area contributed by atoms with Crippen LogP contribution in [0.4, 0.5) is 10.5 Å². The maximum absolute atomic E-state index is 12.8. The number of benzene rings is 2. The molecule has 1 atom stereocenters. The molecule has 1 heterocycles. The van der Waals surface area contributed by atoms with Crippen LogP contribution in [0.25, 0.3) is 0 Å². The number of nitrogens with one attached hydrogen (secondary N) is 2. The minimum Gasteiger partial charge on any atom is -0.497 e. The van der Waals surface area contributed by atoms with Gasteiger partial charge in [-0.05, 0) is 43.7 Å². The molecule has 3 rings (SSSR count). The Labute approximate surface area is 192 Å². The lowest BCUT2D eigenvalue weighted by atomic mass is 9.95. The van der Waals surface area contributed by atoms with Crippen molar-refractivity contribution in [1.29, 1.82) is 0 Å². The molecule has 9 heteroatoms. The highest BCUT2D eigenvalue weighted by Crippen LogP contribution is 2.31. The number of methoxy groups -OCH3 is 2. The first-order valence-corrected chi connectivity index (χ1v) is 10.4. The Bertz CT molecular complexity index is 1090. The second-order valence-electron chi connectivity index (χ2n) is 7.30. The number of hydrogen-bond donors (Lipinski definition) is 2. The van der Waals surface area contributed by atoms with E-state index >= 15 is 0 Å². The lowest BCUT2D eigenvalue weighted by Gasteiger charge is -2.33. The zero-order valence-corrected chi connectivity index (χ0v) is 19.2. The predicted molar refractivity (Wildman–Crippen MR) is 122 cm³/mol. The summed E-state index contributed by atoms with van der Waals surface area (Å²) in [5.74, 6) is 0.125. The standard InChI is InChI=1S/C24H27N3O6/c1-6-33-23(29)20-14(2)27(3)24(30)26-21(20)15-7-9-16(10-8-15)25-22(28)18-12-11-17(31-4)13-19(18)32-5/h7-13,21H,6H2,1-5H3,(H,25,28)(H,26,30). The molecule has 2 aromatic carbocycles. The van der Waals surface area contributed by atoms with Gasteiger partial charge in [0.2, 0.25) is 0 Å². The molecule has 0 radical (unpaired) electrons. The molecule has 0 aromatic heterocycles. The second-order valence-corrected chi connectivity index (χ2v) is 7.30. The number of hydrogen-bond acceptors (Lipinski definition) is 6. The molecule has 1 aliphatic rings. The van der Waals surface area contributed by atoms with E-state index in [9.17, 15) is 14.4 Å². The summed E-state index contributed by atoms with van der Waals surface area (Å²) < 4.78 is 15.7. The van der Waals surface area contributed by atoms with Crippen LogP contribution in [0.15, 0.2) is 53.7 Å². The lowest BCUT2D eigenvalue weighted by Crippen LogP contribution is -2.46. The van der Waals surface area contributed by atoms with E-state index in [2.05, 4.69) is 10.6 Å². The number of nitrogens with zero attached hydrogens (tertiary/aromatic N) is 1. The van der Waals surface area contributed by atoms with Gasteiger partial charge in [-0.3, -0.25) is 4.79 Å². The quantitative estimate of drug-likeness (QED) is 0.622. The molecule has 0 bridgehead atoms. The van der Waals surface area contributed by atoms with Gasteiger partial charge in [0, 0.05) is 24.5 Å². The van der Waals surface area contributed by atoms with Crippen LogP contribution in [0.2, 0.25) is 0 Å². The molecule has 2 aromatic rings. The fourth-order valence-corrected chi connectivity index (χ4v) is 3.50. The molecule has 1 aliphatic heterocycles. The van der Waals surface area contributed by atoms with Gasteiger partial charge in [-0.2, -0.15) is 0 Å². The highest BCUT2D eigenvalue weighted by molar-refractivity contribution is 6.06. The summed E-state index contributed by atoms with van der Waals surface area (Å²) in [7, 11) is 4.60. The van der Waals surface area contributed by atoms with Crippen molar-refractivity contribution >= 4 is 23.6 Å². The van der Waals surface area contributed by atoms with Crippen molar-refractivity contribution in [2.75, 3.05) is 33.2 Å². The van der Waals surface area contributed by atoms with Gasteiger partial charge in [0.1, 0.15) is 11.5 Å². The first kappa shape index (κ1) is 23.6. The van der Waals surface area contributed by atoms with Crippen LogP contribution < -0.4 is 20.1 Å². The van der Waals surface area contributed by atoms with E-state index in [0.717, 1.165) is 0 Å². The lowest BCUT2D eigenvalue weighted by molar-refractivity contribution is -0.139. The molecule has 0 fully saturated rings. The van der Waals surface area contributed by atoms with E-state index in [1.165, 1.54) is 19.1 Å². The van der Waals surface area contributed by atoms with Crippen LogP contribution in [0, 0.1) is 0 Å². The summed E-state index contributed by atoms with van der Waals surface area (Å²) in [6.45, 7) is 3.65. The van der Waals surface area contributed by atoms with Crippen molar-refractivity contribution in [1.82, 2.24) is 10.2 Å². The van der Waals surface area contributed by atoms with E-state index in [4.69, 9.17) is 14.2 Å². The molecule has 9 nitrogen and oxygen atoms in total. The SMILES string of the molecule is CCOC(=O)C1=C(C)N(C)C(=O)NC1c1ccc(NC(=O)c2ccc(OC)cc2OC)cc1. The van der Waals surface area contributed by atoms with Gasteiger partial charge in [0.15, 0.2) is 0 Å². The van der Waals surface area contributed by atoms with E-state index in [1.54, 1.807) is 63.4 Å². The van der Waals surface area contributed by atoms with Gasteiger partial charge in [0.25, 0.3) is 5.91 Å². The van der Waals surface area contributed by atoms with E-state index in [0.29, 0.717) is 39.6 Å². The Morgan fingerprint density at radius 2 is 1.79 bits per heavy atom. The third-order valence-electron chi connectivity index (χ3n) is 5.40. The molecule has 3 amide bonds. The first-order chi connectivity index (χ1) is 15.8. The van der Waals surface area contributed by atoms with Gasteiger partial charge in [-0.25, -0.2) is 9.59 Å². The third kappa shape index (κ3) is 4.92. The number of carbonyl (C=O) groups is 3. The Hall–Kier alpha value is -4.01. The van der Waals surface area contributed by atoms with Crippen molar-refractivity contribution in [3.63, 3.8) is 0 Å². The summed E-state index contributed by atoms with van der Waals surface area (Å²) in [4.78, 5) is 39.1. The average molecular weight is 453 g/mol. The molecule has 2 N–H and O–H groups in total. The number of urea groups is 1. The molecule has 0 spiro atoms. The number of carbonyl (C=O) groups excluding carboxylic acids is 3. The number of ether oxygens (including phenoxy) is 3. The van der Waals surface area contributed by atoms with Gasteiger partial charge < -0.3 is 29.7 Å². The van der Waals surface area contributed by atoms with Crippen LogP contribution in [-0.4, -0.2) is 50.7 Å². The maximum atomic E-state index is 12.8. The molecular formula is C24H27N3O6. The second kappa shape index (κ2) is 10.1. The topological polar surface area (TPSA) is 106 Å². The van der Waals surface area contributed by atoms with Crippen LogP contribution in [0.3, 0.4) is 0 Å². The molecule has 174 valence electrons. The van der Waals surface area contributed by atoms with Crippen molar-refractivity contribution in [2.45, 2.75) is 19.9 Å². The molecule has 0 saturated carbocycles. The number of esters is 1. The number of rotatable bonds is 7. The summed E-state index contributed by atoms with van der Waals surface area (Å²) >= 11 is 0. The van der Waals surface area contributed by atoms with Gasteiger partial charge in [-0.15, -0.1) is 0 Å². The minimum atomic E-state index is -0.667. The first-order valence-electron chi connectivity index (χ1n) is 10.4. The zero-order chi connectivity index (χ0) is 24.1. The van der Waals surface area contributed by atoms with Crippen LogP contribution in [0.5, 0.6) is 11.5 Å². The summed E-state index contributed by atoms with van der Waals surface area (Å²) in [5.41, 5.74) is 2.45. The summed E-state index contributed by atoms with van der Waals surface area (Å²) in [5, 5.41) is 5.65. The summed E-state index contributed by atoms with van der Waals surface area (Å²) in [6, 6.07) is 10.8. The third-order valence-corrected chi connectivity index (χ3v) is 5.40. The van der Waals surface area contributed by atoms with E-state index < -0.39 is 12.0 Å². The van der Waals surface area contributed by atoms with Gasteiger partial charge in [-0.1, -0.05) is 12.1 Å². The number of allylic oxidation sites excluding steroid dienone is 1. The Kier molecular flexibility index (Phi) is 7.22. The van der Waals surface area contributed by atoms with Crippen molar-refractivity contribution in [3.05, 3.63) is 64.9 Å². The Morgan fingerprint density at radius 3 is 2.39 bits per heavy atom. The van der Waals surface area contributed by atoms with Crippen molar-refractivity contribution < 1.29 is 28.6 Å². The molecule has 1 unspecified atom stereocenters. The monoisotopic (exact) mass is 453 g/mol. The van der Waals surface area contributed by atoms with E-state index in [1.807, 2.05) is 0 Å². The van der Waals surface area contributed by atoms with Crippen LogP contribution in [-0.2, 0) is 9.53 Å². The van der Waals surface area contributed by atoms with Crippen molar-refractivity contribution in [3.8, 4) is 11.5 Å². The molecule has 0 saturated heterocycles. The fraction of sp³-hybridized carbons (Fsp3) is 0.292. The largest absolute Gasteiger partial charge is 0.497 e. The maximum Gasteiger partial charge on any atom is 0.338 e. The minimum absolute atomic E-state index is 0.222. The highest BCUT2D eigenvalue weighted by atomic mass is 16.5. The van der Waals surface area contributed by atoms with Crippen LogP contribution in [0.1, 0.15) is 35.8 Å². The average Bonchev–Trinajstić information content (AvgIpc) is 2.82. The smallest absolute Gasteiger partial charge is 0.338 e. The van der Waals surface area contributed by atoms with Crippen molar-refractivity contribution in [2.24, 2.45) is 0 Å². The number of anilines is 1. The van der Waals surface area contributed by atoms with Gasteiger partial charge >= 0.3 is 12.0 Å².